The van der Waals surface area contributed by atoms with E-state index >= 15 is 0 Å². The molecule has 0 radical (unpaired) electrons. The van der Waals surface area contributed by atoms with Gasteiger partial charge < -0.3 is 25.2 Å². The quantitative estimate of drug-likeness (QED) is 0.545. The minimum absolute atomic E-state index is 0.102. The highest BCUT2D eigenvalue weighted by atomic mass is 16.5. The number of rotatable bonds is 10. The zero-order chi connectivity index (χ0) is 20.4. The summed E-state index contributed by atoms with van der Waals surface area (Å²) < 4.78 is 10.4. The minimum Gasteiger partial charge on any atom is -0.507 e. The summed E-state index contributed by atoms with van der Waals surface area (Å²) >= 11 is 0. The molecule has 0 spiro atoms. The molecule has 0 heterocycles. The molecule has 0 saturated heterocycles. The van der Waals surface area contributed by atoms with Crippen LogP contribution >= 0.6 is 0 Å². The van der Waals surface area contributed by atoms with Crippen LogP contribution in [0.5, 0.6) is 11.5 Å². The third kappa shape index (κ3) is 5.99. The van der Waals surface area contributed by atoms with Crippen molar-refractivity contribution in [3.63, 3.8) is 0 Å². The number of phenols is 1. The van der Waals surface area contributed by atoms with Crippen molar-refractivity contribution in [2.24, 2.45) is 0 Å². The maximum Gasteiger partial charge on any atom is 0.255 e. The number of aromatic hydroxyl groups is 1. The van der Waals surface area contributed by atoms with Gasteiger partial charge in [0.2, 0.25) is 5.91 Å². The second-order valence-electron chi connectivity index (χ2n) is 6.04. The van der Waals surface area contributed by atoms with E-state index in [9.17, 15) is 14.7 Å². The van der Waals surface area contributed by atoms with Crippen molar-refractivity contribution in [3.8, 4) is 11.5 Å². The monoisotopic (exact) mass is 386 g/mol. The van der Waals surface area contributed by atoms with Crippen LogP contribution in [0.1, 0.15) is 35.3 Å². The van der Waals surface area contributed by atoms with E-state index in [0.29, 0.717) is 37.5 Å². The fourth-order valence-corrected chi connectivity index (χ4v) is 2.60. The molecule has 0 saturated carbocycles. The second kappa shape index (κ2) is 10.9. The highest BCUT2D eigenvalue weighted by molar-refractivity contribution is 5.99. The maximum atomic E-state index is 12.7. The SMILES string of the molecule is CCOCCCNC(=O)[C@@H](NC(=O)c1ccccc1O)c1ccc(OC)cc1. The van der Waals surface area contributed by atoms with Crippen LogP contribution in [0.25, 0.3) is 0 Å². The molecule has 2 amide bonds. The number of methoxy groups -OCH3 is 1. The number of ether oxygens (including phenoxy) is 2. The fraction of sp³-hybridized carbons (Fsp3) is 0.333. The molecule has 0 unspecified atom stereocenters. The lowest BCUT2D eigenvalue weighted by molar-refractivity contribution is -0.123. The number of hydrogen-bond acceptors (Lipinski definition) is 5. The normalized spacial score (nSPS) is 11.5. The Labute approximate surface area is 164 Å². The molecule has 28 heavy (non-hydrogen) atoms. The molecule has 150 valence electrons. The number of para-hydroxylation sites is 1. The van der Waals surface area contributed by atoms with Gasteiger partial charge in [-0.25, -0.2) is 0 Å². The summed E-state index contributed by atoms with van der Waals surface area (Å²) in [6.45, 7) is 3.51. The molecule has 0 fully saturated rings. The van der Waals surface area contributed by atoms with Crippen molar-refractivity contribution in [2.75, 3.05) is 26.9 Å². The summed E-state index contributed by atoms with van der Waals surface area (Å²) in [7, 11) is 1.55. The van der Waals surface area contributed by atoms with Crippen molar-refractivity contribution >= 4 is 11.8 Å². The first-order valence-corrected chi connectivity index (χ1v) is 9.15. The molecule has 0 aliphatic carbocycles. The fourth-order valence-electron chi connectivity index (χ4n) is 2.60. The van der Waals surface area contributed by atoms with Crippen molar-refractivity contribution in [1.29, 1.82) is 0 Å². The molecule has 7 nitrogen and oxygen atoms in total. The molecule has 2 aromatic carbocycles. The minimum atomic E-state index is -0.912. The molecule has 2 aromatic rings. The molecule has 0 aliphatic rings. The molecule has 0 aliphatic heterocycles. The molecule has 7 heteroatoms. The Morgan fingerprint density at radius 3 is 2.46 bits per heavy atom. The van der Waals surface area contributed by atoms with Gasteiger partial charge in [0.1, 0.15) is 17.5 Å². The van der Waals surface area contributed by atoms with Gasteiger partial charge in [0.15, 0.2) is 0 Å². The molecule has 3 N–H and O–H groups in total. The Morgan fingerprint density at radius 2 is 1.82 bits per heavy atom. The number of benzene rings is 2. The van der Waals surface area contributed by atoms with Gasteiger partial charge in [-0.15, -0.1) is 0 Å². The van der Waals surface area contributed by atoms with Crippen LogP contribution in [-0.4, -0.2) is 43.8 Å². The Kier molecular flexibility index (Phi) is 8.30. The van der Waals surface area contributed by atoms with Crippen molar-refractivity contribution in [1.82, 2.24) is 10.6 Å². The average molecular weight is 386 g/mol. The predicted molar refractivity (Wildman–Crippen MR) is 105 cm³/mol. The van der Waals surface area contributed by atoms with E-state index in [1.165, 1.54) is 12.1 Å². The van der Waals surface area contributed by atoms with E-state index in [2.05, 4.69) is 10.6 Å². The summed E-state index contributed by atoms with van der Waals surface area (Å²) in [5.74, 6) is -0.383. The third-order valence-electron chi connectivity index (χ3n) is 4.10. The van der Waals surface area contributed by atoms with Gasteiger partial charge in [-0.05, 0) is 43.2 Å². The van der Waals surface area contributed by atoms with Crippen LogP contribution in [-0.2, 0) is 9.53 Å². The molecule has 0 aromatic heterocycles. The third-order valence-corrected chi connectivity index (χ3v) is 4.10. The number of nitrogens with one attached hydrogen (secondary N) is 2. The van der Waals surface area contributed by atoms with E-state index in [0.717, 1.165) is 0 Å². The highest BCUT2D eigenvalue weighted by Gasteiger charge is 2.24. The summed E-state index contributed by atoms with van der Waals surface area (Å²) in [5.41, 5.74) is 0.706. The molecule has 1 atom stereocenters. The summed E-state index contributed by atoms with van der Waals surface area (Å²) in [6.07, 6.45) is 0.669. The van der Waals surface area contributed by atoms with Gasteiger partial charge in [0.25, 0.3) is 5.91 Å². The number of hydrogen-bond donors (Lipinski definition) is 3. The van der Waals surface area contributed by atoms with Crippen LogP contribution in [0.4, 0.5) is 0 Å². The smallest absolute Gasteiger partial charge is 0.255 e. The number of amides is 2. The van der Waals surface area contributed by atoms with Gasteiger partial charge in [0.05, 0.1) is 12.7 Å². The van der Waals surface area contributed by atoms with Gasteiger partial charge in [-0.2, -0.15) is 0 Å². The first-order valence-electron chi connectivity index (χ1n) is 9.15. The zero-order valence-electron chi connectivity index (χ0n) is 16.1. The van der Waals surface area contributed by atoms with E-state index in [4.69, 9.17) is 9.47 Å². The standard InChI is InChI=1S/C21H26N2O5/c1-3-28-14-6-13-22-21(26)19(15-9-11-16(27-2)12-10-15)23-20(25)17-7-4-5-8-18(17)24/h4-5,7-12,19,24H,3,6,13-14H2,1-2H3,(H,22,26)(H,23,25)/t19-/m0/s1. The molecular weight excluding hydrogens is 360 g/mol. The first kappa shape index (κ1) is 21.2. The highest BCUT2D eigenvalue weighted by Crippen LogP contribution is 2.21. The van der Waals surface area contributed by atoms with Crippen molar-refractivity contribution in [2.45, 2.75) is 19.4 Å². The van der Waals surface area contributed by atoms with E-state index in [1.54, 1.807) is 43.5 Å². The van der Waals surface area contributed by atoms with Crippen molar-refractivity contribution < 1.29 is 24.2 Å². The van der Waals surface area contributed by atoms with Gasteiger partial charge in [-0.1, -0.05) is 24.3 Å². The number of phenolic OH excluding ortho intramolecular Hbond substituents is 1. The average Bonchev–Trinajstić information content (AvgIpc) is 2.72. The van der Waals surface area contributed by atoms with Crippen LogP contribution in [0.3, 0.4) is 0 Å². The number of carbonyl (C=O) groups excluding carboxylic acids is 2. The summed E-state index contributed by atoms with van der Waals surface area (Å²) in [5, 5.41) is 15.4. The maximum absolute atomic E-state index is 12.7. The lowest BCUT2D eigenvalue weighted by atomic mass is 10.0. The number of carbonyl (C=O) groups is 2. The molecule has 0 bridgehead atoms. The van der Waals surface area contributed by atoms with Crippen molar-refractivity contribution in [3.05, 3.63) is 59.7 Å². The Morgan fingerprint density at radius 1 is 1.11 bits per heavy atom. The Hall–Kier alpha value is -3.06. The lowest BCUT2D eigenvalue weighted by Crippen LogP contribution is -2.41. The topological polar surface area (TPSA) is 96.9 Å². The van der Waals surface area contributed by atoms with Crippen LogP contribution in [0, 0.1) is 0 Å². The van der Waals surface area contributed by atoms with E-state index < -0.39 is 11.9 Å². The van der Waals surface area contributed by atoms with E-state index in [-0.39, 0.29) is 17.2 Å². The predicted octanol–water partition coefficient (Wildman–Crippen LogP) is 2.41. The van der Waals surface area contributed by atoms with Gasteiger partial charge >= 0.3 is 0 Å². The molecule has 2 rings (SSSR count). The van der Waals surface area contributed by atoms with E-state index in [1.807, 2.05) is 6.92 Å². The van der Waals surface area contributed by atoms with Gasteiger partial charge in [0, 0.05) is 19.8 Å². The summed E-state index contributed by atoms with van der Waals surface area (Å²) in [6, 6.07) is 12.1. The molecular formula is C21H26N2O5. The van der Waals surface area contributed by atoms with Crippen LogP contribution in [0.15, 0.2) is 48.5 Å². The Balaban J connectivity index is 2.14. The zero-order valence-corrected chi connectivity index (χ0v) is 16.1. The largest absolute Gasteiger partial charge is 0.507 e. The second-order valence-corrected chi connectivity index (χ2v) is 6.04. The van der Waals surface area contributed by atoms with Crippen LogP contribution < -0.4 is 15.4 Å². The van der Waals surface area contributed by atoms with Gasteiger partial charge in [-0.3, -0.25) is 9.59 Å². The lowest BCUT2D eigenvalue weighted by Gasteiger charge is -2.19. The van der Waals surface area contributed by atoms with Crippen LogP contribution in [0.2, 0.25) is 0 Å². The first-order chi connectivity index (χ1) is 13.6. The summed E-state index contributed by atoms with van der Waals surface area (Å²) in [4.78, 5) is 25.3. The Bertz CT molecular complexity index is 777.